The molecular formula is C9H19NO3. The van der Waals surface area contributed by atoms with Crippen molar-refractivity contribution in [3.05, 3.63) is 0 Å². The quantitative estimate of drug-likeness (QED) is 0.452. The van der Waals surface area contributed by atoms with Crippen molar-refractivity contribution in [3.63, 3.8) is 0 Å². The first-order chi connectivity index (χ1) is 6.04. The molecule has 4 N–H and O–H groups in total. The van der Waals surface area contributed by atoms with E-state index in [1.165, 1.54) is 12.8 Å². The number of nitrogens with two attached hydrogens (primary N) is 1. The fourth-order valence-corrected chi connectivity index (χ4v) is 0.805. The lowest BCUT2D eigenvalue weighted by atomic mass is 10.2. The first kappa shape index (κ1) is 10.9. The van der Waals surface area contributed by atoms with Crippen molar-refractivity contribution in [2.75, 3.05) is 13.2 Å². The Balaban J connectivity index is 0.000000132. The summed E-state index contributed by atoms with van der Waals surface area (Å²) in [5.74, 6) is 0. The molecule has 2 aliphatic carbocycles. The predicted octanol–water partition coefficient (Wildman–Crippen LogP) is 0.746. The Hall–Kier alpha value is -0.160. The Labute approximate surface area is 78.6 Å². The van der Waals surface area contributed by atoms with Crippen LogP contribution in [0.3, 0.4) is 0 Å². The third-order valence-electron chi connectivity index (χ3n) is 2.73. The van der Waals surface area contributed by atoms with Gasteiger partial charge in [-0.15, -0.1) is 0 Å². The fourth-order valence-electron chi connectivity index (χ4n) is 0.805. The minimum absolute atomic E-state index is 0.172. The van der Waals surface area contributed by atoms with Crippen molar-refractivity contribution in [1.82, 2.24) is 0 Å². The summed E-state index contributed by atoms with van der Waals surface area (Å²) in [6.45, 7) is 2.77. The summed E-state index contributed by atoms with van der Waals surface area (Å²) >= 11 is 0. The Morgan fingerprint density at radius 3 is 1.92 bits per heavy atom. The first-order valence-electron chi connectivity index (χ1n) is 4.70. The molecule has 0 aromatic heterocycles. The van der Waals surface area contributed by atoms with Crippen LogP contribution < -0.4 is 5.73 Å². The Kier molecular flexibility index (Phi) is 3.29. The molecular weight excluding hydrogens is 170 g/mol. The van der Waals surface area contributed by atoms with Crippen molar-refractivity contribution < 1.29 is 15.3 Å². The van der Waals surface area contributed by atoms with Gasteiger partial charge in [-0.1, -0.05) is 6.92 Å². The van der Waals surface area contributed by atoms with Gasteiger partial charge in [-0.05, 0) is 31.1 Å². The maximum Gasteiger partial charge on any atom is 0.0999 e. The fraction of sp³-hybridized carbons (Fsp3) is 1.00. The molecule has 78 valence electrons. The van der Waals surface area contributed by atoms with Crippen LogP contribution >= 0.6 is 0 Å². The average molecular weight is 189 g/mol. The van der Waals surface area contributed by atoms with Gasteiger partial charge in [0.05, 0.1) is 6.61 Å². The van der Waals surface area contributed by atoms with Gasteiger partial charge in [0.1, 0.15) is 0 Å². The minimum atomic E-state index is -0.172. The second-order valence-electron chi connectivity index (χ2n) is 4.60. The van der Waals surface area contributed by atoms with E-state index in [1.807, 2.05) is 0 Å². The van der Waals surface area contributed by atoms with Crippen molar-refractivity contribution in [2.24, 2.45) is 11.1 Å². The molecule has 0 radical (unpaired) electrons. The average Bonchev–Trinajstić information content (AvgIpc) is 2.96. The minimum Gasteiger partial charge on any atom is -0.396 e. The van der Waals surface area contributed by atoms with Crippen LogP contribution in [0.4, 0.5) is 0 Å². The van der Waals surface area contributed by atoms with E-state index in [4.69, 9.17) is 16.1 Å². The maximum absolute atomic E-state index is 8.47. The standard InChI is InChI=1S/C5H10O.C4H9NO2/c1-5(4-6)2-3-5;5-4(1-2-4)3-7-6/h6H,2-4H2,1H3;6H,1-3,5H2. The lowest BCUT2D eigenvalue weighted by Gasteiger charge is -2.01. The van der Waals surface area contributed by atoms with Crippen LogP contribution in [0.1, 0.15) is 32.6 Å². The summed E-state index contributed by atoms with van der Waals surface area (Å²) in [6.07, 6.45) is 4.41. The van der Waals surface area contributed by atoms with Crippen LogP contribution in [0.5, 0.6) is 0 Å². The zero-order valence-corrected chi connectivity index (χ0v) is 8.12. The second kappa shape index (κ2) is 3.92. The number of rotatable bonds is 3. The number of aliphatic hydroxyl groups is 1. The summed E-state index contributed by atoms with van der Waals surface area (Å²) < 4.78 is 0. The second-order valence-corrected chi connectivity index (χ2v) is 4.60. The van der Waals surface area contributed by atoms with E-state index >= 15 is 0 Å². The Morgan fingerprint density at radius 1 is 1.31 bits per heavy atom. The Bertz CT molecular complexity index is 164. The molecule has 0 saturated heterocycles. The maximum atomic E-state index is 8.47. The molecule has 4 heteroatoms. The highest BCUT2D eigenvalue weighted by Gasteiger charge is 2.38. The van der Waals surface area contributed by atoms with Gasteiger partial charge in [0.2, 0.25) is 0 Å². The number of hydrogen-bond donors (Lipinski definition) is 3. The van der Waals surface area contributed by atoms with E-state index in [-0.39, 0.29) is 12.1 Å². The van der Waals surface area contributed by atoms with Crippen molar-refractivity contribution in [2.45, 2.75) is 38.1 Å². The van der Waals surface area contributed by atoms with E-state index < -0.39 is 0 Å². The molecule has 4 nitrogen and oxygen atoms in total. The summed E-state index contributed by atoms with van der Waals surface area (Å²) in [5, 5.41) is 16.3. The molecule has 0 aromatic rings. The molecule has 13 heavy (non-hydrogen) atoms. The molecule has 2 rings (SSSR count). The first-order valence-corrected chi connectivity index (χ1v) is 4.70. The molecule has 0 aromatic carbocycles. The lowest BCUT2D eigenvalue weighted by Crippen LogP contribution is -2.27. The van der Waals surface area contributed by atoms with Gasteiger partial charge >= 0.3 is 0 Å². The van der Waals surface area contributed by atoms with Crippen molar-refractivity contribution >= 4 is 0 Å². The monoisotopic (exact) mass is 189 g/mol. The summed E-state index contributed by atoms with van der Waals surface area (Å²) in [7, 11) is 0. The predicted molar refractivity (Wildman–Crippen MR) is 49.2 cm³/mol. The van der Waals surface area contributed by atoms with Gasteiger partial charge in [0, 0.05) is 12.1 Å². The molecule has 0 unspecified atom stereocenters. The summed E-state index contributed by atoms with van der Waals surface area (Å²) in [4.78, 5) is 3.84. The zero-order valence-electron chi connectivity index (χ0n) is 8.12. The van der Waals surface area contributed by atoms with E-state index in [2.05, 4.69) is 11.8 Å². The van der Waals surface area contributed by atoms with Crippen LogP contribution in [0.25, 0.3) is 0 Å². The Morgan fingerprint density at radius 2 is 1.85 bits per heavy atom. The van der Waals surface area contributed by atoms with Crippen LogP contribution in [-0.4, -0.2) is 29.1 Å². The molecule has 2 saturated carbocycles. The van der Waals surface area contributed by atoms with Crippen LogP contribution in [0, 0.1) is 5.41 Å². The normalized spacial score (nSPS) is 25.8. The van der Waals surface area contributed by atoms with E-state index in [1.54, 1.807) is 0 Å². The highest BCUT2D eigenvalue weighted by atomic mass is 17.1. The van der Waals surface area contributed by atoms with Gasteiger partial charge < -0.3 is 10.8 Å². The highest BCUT2D eigenvalue weighted by molar-refractivity contribution is 4.98. The van der Waals surface area contributed by atoms with Gasteiger partial charge in [-0.2, -0.15) is 0 Å². The topological polar surface area (TPSA) is 75.7 Å². The molecule has 0 amide bonds. The zero-order chi connectivity index (χ0) is 9.95. The van der Waals surface area contributed by atoms with E-state index in [0.717, 1.165) is 12.8 Å². The lowest BCUT2D eigenvalue weighted by molar-refractivity contribution is -0.247. The summed E-state index contributed by atoms with van der Waals surface area (Å²) in [5.41, 5.74) is 5.65. The molecule has 2 fully saturated rings. The SMILES string of the molecule is CC1(CO)CC1.NC1(COO)CC1. The third kappa shape index (κ3) is 4.04. The smallest absolute Gasteiger partial charge is 0.0999 e. The van der Waals surface area contributed by atoms with Crippen molar-refractivity contribution in [3.8, 4) is 0 Å². The number of aliphatic hydroxyl groups excluding tert-OH is 1. The van der Waals surface area contributed by atoms with Crippen LogP contribution in [0.15, 0.2) is 0 Å². The molecule has 0 bridgehead atoms. The summed E-state index contributed by atoms with van der Waals surface area (Å²) in [6, 6.07) is 0. The van der Waals surface area contributed by atoms with Crippen molar-refractivity contribution in [1.29, 1.82) is 0 Å². The molecule has 2 aliphatic rings. The number of hydrogen-bond acceptors (Lipinski definition) is 4. The molecule has 0 spiro atoms. The van der Waals surface area contributed by atoms with Gasteiger partial charge in [0.15, 0.2) is 0 Å². The third-order valence-corrected chi connectivity index (χ3v) is 2.73. The largest absolute Gasteiger partial charge is 0.396 e. The van der Waals surface area contributed by atoms with Gasteiger partial charge in [-0.25, -0.2) is 4.89 Å². The van der Waals surface area contributed by atoms with E-state index in [9.17, 15) is 0 Å². The highest BCUT2D eigenvalue weighted by Crippen LogP contribution is 2.43. The molecule has 0 heterocycles. The van der Waals surface area contributed by atoms with Gasteiger partial charge in [0.25, 0.3) is 0 Å². The van der Waals surface area contributed by atoms with Crippen LogP contribution in [0.2, 0.25) is 0 Å². The van der Waals surface area contributed by atoms with Gasteiger partial charge in [-0.3, -0.25) is 5.26 Å². The van der Waals surface area contributed by atoms with E-state index in [0.29, 0.717) is 12.0 Å². The van der Waals surface area contributed by atoms with Crippen LogP contribution in [-0.2, 0) is 4.89 Å². The molecule has 0 atom stereocenters. The molecule has 0 aliphatic heterocycles.